The Morgan fingerprint density at radius 3 is 2.61 bits per heavy atom. The molecular formula is C17H23N3OS2. The van der Waals surface area contributed by atoms with Crippen LogP contribution in [0.4, 0.5) is 5.13 Å². The largest absolute Gasteiger partial charge is 0.301 e. The minimum Gasteiger partial charge on any atom is -0.301 e. The average Bonchev–Trinajstić information content (AvgIpc) is 2.92. The lowest BCUT2D eigenvalue weighted by Crippen LogP contribution is -2.10. The first-order valence-electron chi connectivity index (χ1n) is 7.90. The van der Waals surface area contributed by atoms with Crippen molar-refractivity contribution in [3.63, 3.8) is 0 Å². The number of unbranched alkanes of at least 4 members (excludes halogenated alkanes) is 2. The number of carbonyl (C=O) groups is 1. The molecular weight excluding hydrogens is 326 g/mol. The van der Waals surface area contributed by atoms with Gasteiger partial charge in [-0.25, -0.2) is 0 Å². The van der Waals surface area contributed by atoms with Crippen LogP contribution in [0.5, 0.6) is 0 Å². The van der Waals surface area contributed by atoms with Gasteiger partial charge in [-0.05, 0) is 25.8 Å². The Labute approximate surface area is 146 Å². The van der Waals surface area contributed by atoms with E-state index in [-0.39, 0.29) is 5.91 Å². The van der Waals surface area contributed by atoms with Crippen LogP contribution in [-0.2, 0) is 10.5 Å². The third kappa shape index (κ3) is 6.31. The van der Waals surface area contributed by atoms with Gasteiger partial charge in [0.1, 0.15) is 0 Å². The summed E-state index contributed by atoms with van der Waals surface area (Å²) < 4.78 is 0.882. The molecule has 0 bridgehead atoms. The number of hydrogen-bond donors (Lipinski definition) is 1. The normalized spacial score (nSPS) is 10.7. The third-order valence-electron chi connectivity index (χ3n) is 3.30. The van der Waals surface area contributed by atoms with E-state index in [1.807, 2.05) is 0 Å². The Balaban J connectivity index is 1.83. The van der Waals surface area contributed by atoms with Gasteiger partial charge in [0.25, 0.3) is 0 Å². The highest BCUT2D eigenvalue weighted by Crippen LogP contribution is 2.28. The second-order valence-corrected chi connectivity index (χ2v) is 7.86. The van der Waals surface area contributed by atoms with Crippen molar-refractivity contribution < 1.29 is 4.79 Å². The first-order valence-corrected chi connectivity index (χ1v) is 9.70. The number of carbonyl (C=O) groups excluding carboxylic acids is 1. The molecule has 0 atom stereocenters. The van der Waals surface area contributed by atoms with E-state index in [1.165, 1.54) is 28.0 Å². The number of thioether (sulfide) groups is 1. The maximum absolute atomic E-state index is 11.8. The molecule has 0 aliphatic heterocycles. The minimum atomic E-state index is 0.0282. The van der Waals surface area contributed by atoms with Crippen LogP contribution in [0.2, 0.25) is 0 Å². The summed E-state index contributed by atoms with van der Waals surface area (Å²) in [5.41, 5.74) is 3.84. The SMILES string of the molecule is CCCCCC(=O)Nc1nnc(SCc2cc(C)cc(C)c2)s1. The number of anilines is 1. The molecule has 0 aliphatic carbocycles. The maximum Gasteiger partial charge on any atom is 0.226 e. The second kappa shape index (κ2) is 9.03. The van der Waals surface area contributed by atoms with Crippen LogP contribution in [0, 0.1) is 13.8 Å². The van der Waals surface area contributed by atoms with Crippen molar-refractivity contribution in [3.8, 4) is 0 Å². The van der Waals surface area contributed by atoms with E-state index >= 15 is 0 Å². The highest BCUT2D eigenvalue weighted by molar-refractivity contribution is 8.00. The van der Waals surface area contributed by atoms with Gasteiger partial charge in [-0.3, -0.25) is 4.79 Å². The predicted molar refractivity (Wildman–Crippen MR) is 98.2 cm³/mol. The molecule has 2 aromatic rings. The number of rotatable bonds is 8. The zero-order chi connectivity index (χ0) is 16.7. The lowest BCUT2D eigenvalue weighted by molar-refractivity contribution is -0.116. The van der Waals surface area contributed by atoms with Gasteiger partial charge < -0.3 is 5.32 Å². The topological polar surface area (TPSA) is 54.9 Å². The number of benzene rings is 1. The van der Waals surface area contributed by atoms with Crippen LogP contribution in [0.3, 0.4) is 0 Å². The summed E-state index contributed by atoms with van der Waals surface area (Å²) in [7, 11) is 0. The summed E-state index contributed by atoms with van der Waals surface area (Å²) in [6.45, 7) is 6.35. The Bertz CT molecular complexity index is 635. The molecule has 0 spiro atoms. The number of hydrogen-bond acceptors (Lipinski definition) is 5. The van der Waals surface area contributed by atoms with Gasteiger partial charge in [0.2, 0.25) is 11.0 Å². The van der Waals surface area contributed by atoms with E-state index in [0.717, 1.165) is 29.4 Å². The van der Waals surface area contributed by atoms with Gasteiger partial charge in [-0.2, -0.15) is 0 Å². The molecule has 4 nitrogen and oxygen atoms in total. The highest BCUT2D eigenvalue weighted by atomic mass is 32.2. The molecule has 0 fully saturated rings. The van der Waals surface area contributed by atoms with Crippen molar-refractivity contribution in [2.45, 2.75) is 56.5 Å². The summed E-state index contributed by atoms with van der Waals surface area (Å²) in [5.74, 6) is 0.891. The Kier molecular flexibility index (Phi) is 7.05. The van der Waals surface area contributed by atoms with Crippen LogP contribution in [0.25, 0.3) is 0 Å². The first kappa shape index (κ1) is 17.9. The molecule has 0 aliphatic rings. The molecule has 6 heteroatoms. The molecule has 0 unspecified atom stereocenters. The fourth-order valence-electron chi connectivity index (χ4n) is 2.33. The molecule has 0 saturated heterocycles. The predicted octanol–water partition coefficient (Wildman–Crippen LogP) is 4.97. The fourth-order valence-corrected chi connectivity index (χ4v) is 4.03. The van der Waals surface area contributed by atoms with Crippen LogP contribution in [0.15, 0.2) is 22.5 Å². The Morgan fingerprint density at radius 1 is 1.17 bits per heavy atom. The van der Waals surface area contributed by atoms with E-state index in [1.54, 1.807) is 11.8 Å². The van der Waals surface area contributed by atoms with E-state index in [4.69, 9.17) is 0 Å². The van der Waals surface area contributed by atoms with E-state index in [2.05, 4.69) is 54.5 Å². The molecule has 0 saturated carbocycles. The highest BCUT2D eigenvalue weighted by Gasteiger charge is 2.09. The van der Waals surface area contributed by atoms with Gasteiger partial charge in [0.15, 0.2) is 4.34 Å². The van der Waals surface area contributed by atoms with Crippen LogP contribution in [-0.4, -0.2) is 16.1 Å². The second-order valence-electron chi connectivity index (χ2n) is 5.66. The molecule has 1 aromatic heterocycles. The van der Waals surface area contributed by atoms with Gasteiger partial charge in [-0.1, -0.05) is 72.2 Å². The quantitative estimate of drug-likeness (QED) is 0.415. The van der Waals surface area contributed by atoms with Crippen molar-refractivity contribution in [2.24, 2.45) is 0 Å². The third-order valence-corrected chi connectivity index (χ3v) is 5.35. The fraction of sp³-hybridized carbons (Fsp3) is 0.471. The summed E-state index contributed by atoms with van der Waals surface area (Å²) in [6, 6.07) is 6.56. The van der Waals surface area contributed by atoms with E-state index in [9.17, 15) is 4.79 Å². The number of aromatic nitrogens is 2. The van der Waals surface area contributed by atoms with Crippen LogP contribution in [0.1, 0.15) is 49.3 Å². The standard InChI is InChI=1S/C17H23N3OS2/c1-4-5-6-7-15(21)18-16-19-20-17(23-16)22-11-14-9-12(2)8-13(3)10-14/h8-10H,4-7,11H2,1-3H3,(H,18,19,21). The molecule has 124 valence electrons. The lowest BCUT2D eigenvalue weighted by Gasteiger charge is -2.03. The van der Waals surface area contributed by atoms with Gasteiger partial charge in [0, 0.05) is 12.2 Å². The van der Waals surface area contributed by atoms with Crippen molar-refractivity contribution in [1.29, 1.82) is 0 Å². The van der Waals surface area contributed by atoms with Crippen LogP contribution >= 0.6 is 23.1 Å². The van der Waals surface area contributed by atoms with Crippen molar-refractivity contribution in [3.05, 3.63) is 34.9 Å². The smallest absolute Gasteiger partial charge is 0.226 e. The molecule has 0 radical (unpaired) electrons. The molecule has 23 heavy (non-hydrogen) atoms. The Morgan fingerprint density at radius 2 is 1.91 bits per heavy atom. The summed E-state index contributed by atoms with van der Waals surface area (Å²) >= 11 is 3.09. The molecule has 1 heterocycles. The molecule has 1 amide bonds. The average molecular weight is 350 g/mol. The van der Waals surface area contributed by atoms with Gasteiger partial charge in [0.05, 0.1) is 0 Å². The Hall–Kier alpha value is -1.40. The zero-order valence-corrected chi connectivity index (χ0v) is 15.5. The zero-order valence-electron chi connectivity index (χ0n) is 13.9. The number of nitrogens with one attached hydrogen (secondary N) is 1. The van der Waals surface area contributed by atoms with Crippen molar-refractivity contribution in [1.82, 2.24) is 10.2 Å². The minimum absolute atomic E-state index is 0.0282. The monoisotopic (exact) mass is 349 g/mol. The summed E-state index contributed by atoms with van der Waals surface area (Å²) in [5, 5.41) is 11.6. The molecule has 1 N–H and O–H groups in total. The lowest BCUT2D eigenvalue weighted by atomic mass is 10.1. The van der Waals surface area contributed by atoms with Crippen molar-refractivity contribution in [2.75, 3.05) is 5.32 Å². The number of aryl methyl sites for hydroxylation is 2. The number of nitrogens with zero attached hydrogens (tertiary/aromatic N) is 2. The number of amides is 1. The van der Waals surface area contributed by atoms with Gasteiger partial charge >= 0.3 is 0 Å². The summed E-state index contributed by atoms with van der Waals surface area (Å²) in [6.07, 6.45) is 3.68. The summed E-state index contributed by atoms with van der Waals surface area (Å²) in [4.78, 5) is 11.8. The molecule has 1 aromatic carbocycles. The van der Waals surface area contributed by atoms with E-state index in [0.29, 0.717) is 11.6 Å². The van der Waals surface area contributed by atoms with Gasteiger partial charge in [-0.15, -0.1) is 10.2 Å². The maximum atomic E-state index is 11.8. The van der Waals surface area contributed by atoms with E-state index < -0.39 is 0 Å². The van der Waals surface area contributed by atoms with Crippen molar-refractivity contribution >= 4 is 34.1 Å². The molecule has 2 rings (SSSR count). The van der Waals surface area contributed by atoms with Crippen LogP contribution < -0.4 is 5.32 Å². The first-order chi connectivity index (χ1) is 11.1.